The number of rotatable bonds is 5. The van der Waals surface area contributed by atoms with Crippen molar-refractivity contribution >= 4 is 10.9 Å². The monoisotopic (exact) mass is 242 g/mol. The van der Waals surface area contributed by atoms with Crippen LogP contribution in [0.5, 0.6) is 0 Å². The molecule has 1 saturated carbocycles. The fourth-order valence-corrected chi connectivity index (χ4v) is 2.74. The molecule has 0 bridgehead atoms. The average Bonchev–Trinajstić information content (AvgIpc) is 3.13. The highest BCUT2D eigenvalue weighted by atomic mass is 15.1. The van der Waals surface area contributed by atoms with Gasteiger partial charge in [-0.3, -0.25) is 0 Å². The lowest BCUT2D eigenvalue weighted by atomic mass is 10.2. The minimum absolute atomic E-state index is 0.830. The Morgan fingerprint density at radius 3 is 2.72 bits per heavy atom. The van der Waals surface area contributed by atoms with E-state index in [0.29, 0.717) is 0 Å². The summed E-state index contributed by atoms with van der Waals surface area (Å²) in [6.07, 6.45) is 3.99. The summed E-state index contributed by atoms with van der Waals surface area (Å²) in [5.41, 5.74) is 2.98. The topological polar surface area (TPSA) is 8.17 Å². The van der Waals surface area contributed by atoms with E-state index in [1.165, 1.54) is 30.2 Å². The first-order valence-corrected chi connectivity index (χ1v) is 6.98. The van der Waals surface area contributed by atoms with Crippen LogP contribution in [0.4, 0.5) is 0 Å². The van der Waals surface area contributed by atoms with Crippen molar-refractivity contribution in [2.24, 2.45) is 0 Å². The Morgan fingerprint density at radius 1 is 1.22 bits per heavy atom. The van der Waals surface area contributed by atoms with Gasteiger partial charge in [-0.25, -0.2) is 0 Å². The largest absolute Gasteiger partial charge is 0.344 e. The summed E-state index contributed by atoms with van der Waals surface area (Å²) in [5.74, 6) is 0.830. The van der Waals surface area contributed by atoms with Crippen molar-refractivity contribution in [3.05, 3.63) is 36.0 Å². The number of nitrogens with zero attached hydrogens (tertiary/aromatic N) is 2. The molecule has 0 aliphatic heterocycles. The second-order valence-corrected chi connectivity index (χ2v) is 5.71. The number of fused-ring (bicyclic) bond motifs is 1. The van der Waals surface area contributed by atoms with Gasteiger partial charge in [-0.1, -0.05) is 18.2 Å². The summed E-state index contributed by atoms with van der Waals surface area (Å²) < 4.78 is 2.55. The van der Waals surface area contributed by atoms with Crippen LogP contribution < -0.4 is 0 Å². The molecule has 2 aromatic rings. The van der Waals surface area contributed by atoms with E-state index in [1.807, 2.05) is 0 Å². The average molecular weight is 242 g/mol. The van der Waals surface area contributed by atoms with Gasteiger partial charge in [-0.2, -0.15) is 0 Å². The first kappa shape index (κ1) is 11.8. The number of benzene rings is 1. The van der Waals surface area contributed by atoms with Crippen LogP contribution in [0.3, 0.4) is 0 Å². The highest BCUT2D eigenvalue weighted by Gasteiger charge is 2.27. The van der Waals surface area contributed by atoms with Crippen molar-refractivity contribution in [2.75, 3.05) is 20.6 Å². The first-order chi connectivity index (χ1) is 8.75. The minimum Gasteiger partial charge on any atom is -0.344 e. The van der Waals surface area contributed by atoms with Gasteiger partial charge in [-0.05, 0) is 63.3 Å². The van der Waals surface area contributed by atoms with Gasteiger partial charge in [0.1, 0.15) is 0 Å². The van der Waals surface area contributed by atoms with E-state index >= 15 is 0 Å². The third-order valence-corrected chi connectivity index (χ3v) is 3.83. The molecule has 0 saturated heterocycles. The zero-order valence-corrected chi connectivity index (χ0v) is 11.4. The Kier molecular flexibility index (Phi) is 3.13. The SMILES string of the molecule is CN(C)CCCn1c(C2CC2)cc2ccccc21. The van der Waals surface area contributed by atoms with Gasteiger partial charge < -0.3 is 9.47 Å². The van der Waals surface area contributed by atoms with Crippen molar-refractivity contribution in [2.45, 2.75) is 31.7 Å². The molecule has 1 aliphatic carbocycles. The van der Waals surface area contributed by atoms with Gasteiger partial charge in [0.05, 0.1) is 0 Å². The van der Waals surface area contributed by atoms with Crippen molar-refractivity contribution in [1.29, 1.82) is 0 Å². The fourth-order valence-electron chi connectivity index (χ4n) is 2.74. The molecule has 0 spiro atoms. The zero-order chi connectivity index (χ0) is 12.5. The van der Waals surface area contributed by atoms with Crippen LogP contribution in [0.2, 0.25) is 0 Å². The van der Waals surface area contributed by atoms with E-state index in [4.69, 9.17) is 0 Å². The molecule has 96 valence electrons. The number of hydrogen-bond acceptors (Lipinski definition) is 1. The van der Waals surface area contributed by atoms with E-state index in [9.17, 15) is 0 Å². The number of para-hydroxylation sites is 1. The van der Waals surface area contributed by atoms with Gasteiger partial charge >= 0.3 is 0 Å². The highest BCUT2D eigenvalue weighted by Crippen LogP contribution is 2.42. The standard InChI is InChI=1S/C16H22N2/c1-17(2)10-5-11-18-15-7-4-3-6-14(15)12-16(18)13-8-9-13/h3-4,6-7,12-13H,5,8-11H2,1-2H3. The summed E-state index contributed by atoms with van der Waals surface area (Å²) in [6, 6.07) is 11.2. The molecule has 2 nitrogen and oxygen atoms in total. The van der Waals surface area contributed by atoms with E-state index in [1.54, 1.807) is 5.69 Å². The Bertz CT molecular complexity index is 535. The summed E-state index contributed by atoms with van der Waals surface area (Å²) in [7, 11) is 4.30. The highest BCUT2D eigenvalue weighted by molar-refractivity contribution is 5.81. The lowest BCUT2D eigenvalue weighted by Gasteiger charge is -2.13. The zero-order valence-electron chi connectivity index (χ0n) is 11.4. The molecule has 1 aromatic heterocycles. The first-order valence-electron chi connectivity index (χ1n) is 6.98. The second kappa shape index (κ2) is 4.77. The Labute approximate surface area is 109 Å². The molecule has 2 heteroatoms. The molecule has 18 heavy (non-hydrogen) atoms. The smallest absolute Gasteiger partial charge is 0.0482 e. The van der Waals surface area contributed by atoms with Crippen LogP contribution in [-0.4, -0.2) is 30.1 Å². The van der Waals surface area contributed by atoms with Gasteiger partial charge in [0.25, 0.3) is 0 Å². The third kappa shape index (κ3) is 2.30. The van der Waals surface area contributed by atoms with E-state index in [2.05, 4.69) is 53.9 Å². The molecule has 3 rings (SSSR count). The van der Waals surface area contributed by atoms with Crippen LogP contribution in [0.1, 0.15) is 30.9 Å². The van der Waals surface area contributed by atoms with Crippen LogP contribution in [0.25, 0.3) is 10.9 Å². The molecule has 0 radical (unpaired) electrons. The maximum Gasteiger partial charge on any atom is 0.0482 e. The van der Waals surface area contributed by atoms with Crippen LogP contribution in [0.15, 0.2) is 30.3 Å². The molecule has 0 amide bonds. The van der Waals surface area contributed by atoms with Crippen molar-refractivity contribution in [1.82, 2.24) is 9.47 Å². The lowest BCUT2D eigenvalue weighted by Crippen LogP contribution is -2.15. The summed E-state index contributed by atoms with van der Waals surface area (Å²) in [4.78, 5) is 2.27. The summed E-state index contributed by atoms with van der Waals surface area (Å²) >= 11 is 0. The van der Waals surface area contributed by atoms with Crippen LogP contribution >= 0.6 is 0 Å². The lowest BCUT2D eigenvalue weighted by molar-refractivity contribution is 0.386. The minimum atomic E-state index is 0.830. The summed E-state index contributed by atoms with van der Waals surface area (Å²) in [6.45, 7) is 2.31. The van der Waals surface area contributed by atoms with Crippen molar-refractivity contribution in [3.63, 3.8) is 0 Å². The maximum atomic E-state index is 2.55. The maximum absolute atomic E-state index is 2.55. The van der Waals surface area contributed by atoms with Gasteiger partial charge in [0.2, 0.25) is 0 Å². The molecule has 0 unspecified atom stereocenters. The van der Waals surface area contributed by atoms with E-state index < -0.39 is 0 Å². The van der Waals surface area contributed by atoms with Crippen LogP contribution in [0, 0.1) is 0 Å². The summed E-state index contributed by atoms with van der Waals surface area (Å²) in [5, 5.41) is 1.41. The quantitative estimate of drug-likeness (QED) is 0.779. The molecule has 1 aromatic carbocycles. The molecule has 1 fully saturated rings. The Morgan fingerprint density at radius 2 is 2.00 bits per heavy atom. The molecular formula is C16H22N2. The fraction of sp³-hybridized carbons (Fsp3) is 0.500. The number of aryl methyl sites for hydroxylation is 1. The second-order valence-electron chi connectivity index (χ2n) is 5.71. The number of hydrogen-bond donors (Lipinski definition) is 0. The van der Waals surface area contributed by atoms with Gasteiger partial charge in [0, 0.05) is 17.8 Å². The predicted octanol–water partition coefficient (Wildman–Crippen LogP) is 3.47. The van der Waals surface area contributed by atoms with Crippen molar-refractivity contribution in [3.8, 4) is 0 Å². The normalized spacial score (nSPS) is 15.7. The third-order valence-electron chi connectivity index (χ3n) is 3.83. The molecule has 0 atom stereocenters. The number of aromatic nitrogens is 1. The molecule has 1 aliphatic rings. The van der Waals surface area contributed by atoms with Gasteiger partial charge in [0.15, 0.2) is 0 Å². The van der Waals surface area contributed by atoms with Gasteiger partial charge in [-0.15, -0.1) is 0 Å². The predicted molar refractivity (Wildman–Crippen MR) is 77.1 cm³/mol. The molecule has 1 heterocycles. The Balaban J connectivity index is 1.89. The van der Waals surface area contributed by atoms with Crippen molar-refractivity contribution < 1.29 is 0 Å². The van der Waals surface area contributed by atoms with E-state index in [-0.39, 0.29) is 0 Å². The van der Waals surface area contributed by atoms with Crippen LogP contribution in [-0.2, 0) is 6.54 Å². The van der Waals surface area contributed by atoms with E-state index in [0.717, 1.165) is 19.0 Å². The molecular weight excluding hydrogens is 220 g/mol. The molecule has 0 N–H and O–H groups in total. The Hall–Kier alpha value is -1.28.